The second-order valence-corrected chi connectivity index (χ2v) is 9.52. The van der Waals surface area contributed by atoms with E-state index >= 15 is 0 Å². The Hall–Kier alpha value is -3.11. The number of hydrogen-bond donors (Lipinski definition) is 4. The largest absolute Gasteiger partial charge is 0.506 e. The number of urea groups is 1. The lowest BCUT2D eigenvalue weighted by atomic mass is 10.1. The van der Waals surface area contributed by atoms with Crippen LogP contribution in [0, 0.1) is 0 Å². The maximum Gasteiger partial charge on any atom is 0.319 e. The highest BCUT2D eigenvalue weighted by molar-refractivity contribution is 7.89. The topological polar surface area (TPSA) is 128 Å². The molecule has 0 atom stereocenters. The highest BCUT2D eigenvalue weighted by Crippen LogP contribution is 2.29. The SMILES string of the molecule is CC(C)NC(=O)Nc1cccc(C(=O)Nc2cc(S(=O)(=O)N3CCCC3)ccc2O)c1. The van der Waals surface area contributed by atoms with Crippen molar-refractivity contribution in [1.82, 2.24) is 9.62 Å². The Kier molecular flexibility index (Phi) is 6.81. The summed E-state index contributed by atoms with van der Waals surface area (Å²) in [7, 11) is -3.69. The molecule has 1 aliphatic rings. The molecule has 0 radical (unpaired) electrons. The smallest absolute Gasteiger partial charge is 0.319 e. The van der Waals surface area contributed by atoms with E-state index in [9.17, 15) is 23.1 Å². The molecule has 1 heterocycles. The summed E-state index contributed by atoms with van der Waals surface area (Å²) in [4.78, 5) is 24.6. The van der Waals surface area contributed by atoms with Crippen molar-refractivity contribution in [1.29, 1.82) is 0 Å². The Bertz CT molecular complexity index is 1080. The number of hydrogen-bond acceptors (Lipinski definition) is 5. The molecular formula is C21H26N4O5S. The summed E-state index contributed by atoms with van der Waals surface area (Å²) in [6.45, 7) is 4.56. The van der Waals surface area contributed by atoms with Gasteiger partial charge in [-0.1, -0.05) is 6.07 Å². The molecule has 9 nitrogen and oxygen atoms in total. The van der Waals surface area contributed by atoms with Crippen molar-refractivity contribution in [2.24, 2.45) is 0 Å². The molecular weight excluding hydrogens is 420 g/mol. The van der Waals surface area contributed by atoms with E-state index in [-0.39, 0.29) is 27.9 Å². The molecule has 0 unspecified atom stereocenters. The molecule has 0 bridgehead atoms. The number of sulfonamides is 1. The number of phenols is 1. The van der Waals surface area contributed by atoms with E-state index in [1.165, 1.54) is 28.6 Å². The van der Waals surface area contributed by atoms with Crippen LogP contribution in [0.4, 0.5) is 16.2 Å². The van der Waals surface area contributed by atoms with Crippen LogP contribution in [0.15, 0.2) is 47.4 Å². The van der Waals surface area contributed by atoms with Crippen molar-refractivity contribution in [3.63, 3.8) is 0 Å². The molecule has 1 fully saturated rings. The average molecular weight is 447 g/mol. The van der Waals surface area contributed by atoms with Crippen LogP contribution in [0.1, 0.15) is 37.0 Å². The van der Waals surface area contributed by atoms with Gasteiger partial charge in [0.1, 0.15) is 5.75 Å². The van der Waals surface area contributed by atoms with Crippen LogP contribution in [-0.2, 0) is 10.0 Å². The molecule has 2 aromatic carbocycles. The molecule has 2 aromatic rings. The lowest BCUT2D eigenvalue weighted by molar-refractivity contribution is 0.102. The highest BCUT2D eigenvalue weighted by Gasteiger charge is 2.28. The number of phenolic OH excluding ortho intramolecular Hbond substituents is 1. The first-order chi connectivity index (χ1) is 14.7. The number of nitrogens with one attached hydrogen (secondary N) is 3. The Morgan fingerprint density at radius 2 is 1.74 bits per heavy atom. The maximum atomic E-state index is 12.8. The van der Waals surface area contributed by atoms with Crippen molar-refractivity contribution in [2.45, 2.75) is 37.6 Å². The third-order valence-electron chi connectivity index (χ3n) is 4.72. The minimum atomic E-state index is -3.69. The Labute approximate surface area is 181 Å². The summed E-state index contributed by atoms with van der Waals surface area (Å²) in [5.74, 6) is -0.807. The Morgan fingerprint density at radius 3 is 2.42 bits per heavy atom. The number of rotatable bonds is 6. The molecule has 10 heteroatoms. The van der Waals surface area contributed by atoms with Gasteiger partial charge in [0, 0.05) is 30.4 Å². The summed E-state index contributed by atoms with van der Waals surface area (Å²) >= 11 is 0. The van der Waals surface area contributed by atoms with Crippen molar-refractivity contribution in [3.05, 3.63) is 48.0 Å². The molecule has 4 N–H and O–H groups in total. The normalized spacial score (nSPS) is 14.4. The van der Waals surface area contributed by atoms with Gasteiger partial charge in [0.25, 0.3) is 5.91 Å². The summed E-state index contributed by atoms with van der Waals surface area (Å²) in [6, 6.07) is 9.64. The van der Waals surface area contributed by atoms with Gasteiger partial charge in [-0.25, -0.2) is 13.2 Å². The lowest BCUT2D eigenvalue weighted by Gasteiger charge is -2.17. The molecule has 0 saturated carbocycles. The van der Waals surface area contributed by atoms with Gasteiger partial charge in [-0.15, -0.1) is 0 Å². The van der Waals surface area contributed by atoms with Gasteiger partial charge in [-0.3, -0.25) is 4.79 Å². The molecule has 0 aromatic heterocycles. The van der Waals surface area contributed by atoms with Crippen LogP contribution in [0.5, 0.6) is 5.75 Å². The molecule has 166 valence electrons. The highest BCUT2D eigenvalue weighted by atomic mass is 32.2. The molecule has 1 aliphatic heterocycles. The van der Waals surface area contributed by atoms with E-state index in [0.29, 0.717) is 18.8 Å². The summed E-state index contributed by atoms with van der Waals surface area (Å²) in [5.41, 5.74) is 0.635. The van der Waals surface area contributed by atoms with Gasteiger partial charge < -0.3 is 21.1 Å². The van der Waals surface area contributed by atoms with Gasteiger partial charge >= 0.3 is 6.03 Å². The first-order valence-corrected chi connectivity index (χ1v) is 11.4. The standard InChI is InChI=1S/C21H26N4O5S/c1-14(2)22-21(28)23-16-7-5-6-15(12-16)20(27)24-18-13-17(8-9-19(18)26)31(29,30)25-10-3-4-11-25/h5-9,12-14,26H,3-4,10-11H2,1-2H3,(H,24,27)(H2,22,23,28). The van der Waals surface area contributed by atoms with Crippen molar-refractivity contribution in [2.75, 3.05) is 23.7 Å². The monoisotopic (exact) mass is 446 g/mol. The molecule has 3 amide bonds. The molecule has 0 spiro atoms. The molecule has 31 heavy (non-hydrogen) atoms. The van der Waals surface area contributed by atoms with E-state index in [2.05, 4.69) is 16.0 Å². The van der Waals surface area contributed by atoms with Crippen molar-refractivity contribution in [3.8, 4) is 5.75 Å². The first kappa shape index (κ1) is 22.6. The van der Waals surface area contributed by atoms with Crippen LogP contribution in [0.25, 0.3) is 0 Å². The fraction of sp³-hybridized carbons (Fsp3) is 0.333. The predicted octanol–water partition coefficient (Wildman–Crippen LogP) is 2.96. The maximum absolute atomic E-state index is 12.8. The minimum Gasteiger partial charge on any atom is -0.506 e. The van der Waals surface area contributed by atoms with E-state index in [1.807, 2.05) is 13.8 Å². The molecule has 1 saturated heterocycles. The number of nitrogens with zero attached hydrogens (tertiary/aromatic N) is 1. The van der Waals surface area contributed by atoms with Gasteiger partial charge in [-0.2, -0.15) is 4.31 Å². The lowest BCUT2D eigenvalue weighted by Crippen LogP contribution is -2.34. The Balaban J connectivity index is 1.77. The zero-order valence-corrected chi connectivity index (χ0v) is 18.2. The minimum absolute atomic E-state index is 0.00303. The fourth-order valence-electron chi connectivity index (χ4n) is 3.22. The summed E-state index contributed by atoms with van der Waals surface area (Å²) in [5, 5.41) is 18.0. The van der Waals surface area contributed by atoms with Crippen LogP contribution in [-0.4, -0.2) is 48.9 Å². The number of benzene rings is 2. The van der Waals surface area contributed by atoms with Gasteiger partial charge in [-0.05, 0) is 63.1 Å². The first-order valence-electron chi connectivity index (χ1n) is 9.99. The van der Waals surface area contributed by atoms with Crippen LogP contribution >= 0.6 is 0 Å². The van der Waals surface area contributed by atoms with E-state index in [1.54, 1.807) is 18.2 Å². The number of aromatic hydroxyl groups is 1. The predicted molar refractivity (Wildman–Crippen MR) is 118 cm³/mol. The fourth-order valence-corrected chi connectivity index (χ4v) is 4.76. The zero-order valence-electron chi connectivity index (χ0n) is 17.4. The second-order valence-electron chi connectivity index (χ2n) is 7.58. The Morgan fingerprint density at radius 1 is 1.03 bits per heavy atom. The molecule has 0 aliphatic carbocycles. The number of anilines is 2. The van der Waals surface area contributed by atoms with Crippen LogP contribution < -0.4 is 16.0 Å². The van der Waals surface area contributed by atoms with E-state index in [4.69, 9.17) is 0 Å². The molecule has 3 rings (SSSR count). The number of carbonyl (C=O) groups is 2. The van der Waals surface area contributed by atoms with Crippen LogP contribution in [0.3, 0.4) is 0 Å². The van der Waals surface area contributed by atoms with E-state index in [0.717, 1.165) is 12.8 Å². The second kappa shape index (κ2) is 9.36. The average Bonchev–Trinajstić information content (AvgIpc) is 3.24. The van der Waals surface area contributed by atoms with Crippen molar-refractivity contribution < 1.29 is 23.1 Å². The third kappa shape index (κ3) is 5.53. The van der Waals surface area contributed by atoms with Crippen molar-refractivity contribution >= 4 is 33.3 Å². The summed E-state index contributed by atoms with van der Waals surface area (Å²) < 4.78 is 26.9. The van der Waals surface area contributed by atoms with Gasteiger partial charge in [0.15, 0.2) is 0 Å². The summed E-state index contributed by atoms with van der Waals surface area (Å²) in [6.07, 6.45) is 1.61. The third-order valence-corrected chi connectivity index (χ3v) is 6.62. The number of carbonyl (C=O) groups excluding carboxylic acids is 2. The van der Waals surface area contributed by atoms with Crippen LogP contribution in [0.2, 0.25) is 0 Å². The number of amides is 3. The van der Waals surface area contributed by atoms with Gasteiger partial charge in [0.05, 0.1) is 10.6 Å². The zero-order chi connectivity index (χ0) is 22.6. The van der Waals surface area contributed by atoms with E-state index < -0.39 is 22.0 Å². The quantitative estimate of drug-likeness (QED) is 0.507. The van der Waals surface area contributed by atoms with Gasteiger partial charge in [0.2, 0.25) is 10.0 Å².